The Morgan fingerprint density at radius 1 is 1.45 bits per heavy atom. The van der Waals surface area contributed by atoms with Gasteiger partial charge in [0.05, 0.1) is 17.6 Å². The summed E-state index contributed by atoms with van der Waals surface area (Å²) in [6.45, 7) is 2.24. The van der Waals surface area contributed by atoms with Crippen LogP contribution in [-0.2, 0) is 0 Å². The van der Waals surface area contributed by atoms with Gasteiger partial charge in [-0.3, -0.25) is 14.9 Å². The van der Waals surface area contributed by atoms with Gasteiger partial charge in [0.25, 0.3) is 11.6 Å². The lowest BCUT2D eigenvalue weighted by Crippen LogP contribution is -2.45. The molecule has 2 rings (SSSR count). The average Bonchev–Trinajstić information content (AvgIpc) is 2.45. The van der Waals surface area contributed by atoms with E-state index in [4.69, 9.17) is 0 Å². The van der Waals surface area contributed by atoms with Crippen molar-refractivity contribution < 1.29 is 14.8 Å². The fourth-order valence-corrected chi connectivity index (χ4v) is 2.62. The number of hydrogen-bond donors (Lipinski definition) is 1. The van der Waals surface area contributed by atoms with Gasteiger partial charge in [0.1, 0.15) is 0 Å². The normalized spacial score (nSPS) is 18.9. The standard InChI is InChI=1S/C14H18N2O4/c1-10-6-11(8-13(7-10)16(19)20)14(18)15-5-3-2-4-12(15)9-17/h6-8,12,17H,2-5,9H2,1H3. The van der Waals surface area contributed by atoms with Gasteiger partial charge in [-0.25, -0.2) is 0 Å². The first-order valence-corrected chi connectivity index (χ1v) is 6.71. The number of carbonyl (C=O) groups is 1. The van der Waals surface area contributed by atoms with Gasteiger partial charge >= 0.3 is 0 Å². The summed E-state index contributed by atoms with van der Waals surface area (Å²) in [7, 11) is 0. The van der Waals surface area contributed by atoms with E-state index < -0.39 is 4.92 Å². The summed E-state index contributed by atoms with van der Waals surface area (Å²) >= 11 is 0. The minimum Gasteiger partial charge on any atom is -0.394 e. The van der Waals surface area contributed by atoms with Gasteiger partial charge in [0.15, 0.2) is 0 Å². The summed E-state index contributed by atoms with van der Waals surface area (Å²) in [6, 6.07) is 4.21. The maximum Gasteiger partial charge on any atom is 0.270 e. The van der Waals surface area contributed by atoms with E-state index in [0.29, 0.717) is 17.7 Å². The molecule has 6 heteroatoms. The molecule has 1 N–H and O–H groups in total. The first kappa shape index (κ1) is 14.5. The molecule has 1 amide bonds. The zero-order valence-corrected chi connectivity index (χ0v) is 11.4. The molecule has 6 nitrogen and oxygen atoms in total. The number of rotatable bonds is 3. The van der Waals surface area contributed by atoms with Crippen molar-refractivity contribution in [2.75, 3.05) is 13.2 Å². The molecule has 0 aromatic heterocycles. The molecule has 1 unspecified atom stereocenters. The van der Waals surface area contributed by atoms with E-state index in [2.05, 4.69) is 0 Å². The van der Waals surface area contributed by atoms with E-state index in [0.717, 1.165) is 19.3 Å². The minimum absolute atomic E-state index is 0.0698. The Morgan fingerprint density at radius 2 is 2.20 bits per heavy atom. The number of nitro groups is 1. The summed E-state index contributed by atoms with van der Waals surface area (Å²) in [5.41, 5.74) is 0.920. The molecule has 1 aromatic carbocycles. The number of non-ortho nitro benzene ring substituents is 1. The maximum absolute atomic E-state index is 12.5. The Labute approximate surface area is 117 Å². The van der Waals surface area contributed by atoms with Crippen molar-refractivity contribution in [1.82, 2.24) is 4.90 Å². The van der Waals surface area contributed by atoms with Crippen LogP contribution in [0.4, 0.5) is 5.69 Å². The van der Waals surface area contributed by atoms with Crippen LogP contribution in [0.15, 0.2) is 18.2 Å². The lowest BCUT2D eigenvalue weighted by molar-refractivity contribution is -0.384. The topological polar surface area (TPSA) is 83.7 Å². The first-order valence-electron chi connectivity index (χ1n) is 6.71. The number of nitrogens with zero attached hydrogens (tertiary/aromatic N) is 2. The molecule has 1 atom stereocenters. The highest BCUT2D eigenvalue weighted by molar-refractivity contribution is 5.95. The third-order valence-electron chi connectivity index (χ3n) is 3.62. The molecule has 0 bridgehead atoms. The molecule has 0 spiro atoms. The number of likely N-dealkylation sites (tertiary alicyclic amines) is 1. The molecule has 1 aliphatic heterocycles. The number of piperidine rings is 1. The smallest absolute Gasteiger partial charge is 0.270 e. The van der Waals surface area contributed by atoms with Crippen molar-refractivity contribution in [2.24, 2.45) is 0 Å². The third kappa shape index (κ3) is 2.96. The Bertz CT molecular complexity index is 530. The van der Waals surface area contributed by atoms with Crippen LogP contribution >= 0.6 is 0 Å². The number of benzene rings is 1. The van der Waals surface area contributed by atoms with Gasteiger partial charge in [-0.1, -0.05) is 0 Å². The molecule has 108 valence electrons. The Hall–Kier alpha value is -1.95. The Balaban J connectivity index is 2.30. The van der Waals surface area contributed by atoms with Crippen LogP contribution in [0.25, 0.3) is 0 Å². The quantitative estimate of drug-likeness (QED) is 0.676. The molecule has 1 saturated heterocycles. The van der Waals surface area contributed by atoms with Gasteiger partial charge in [0.2, 0.25) is 0 Å². The summed E-state index contributed by atoms with van der Waals surface area (Å²) in [6.07, 6.45) is 2.66. The van der Waals surface area contributed by atoms with Crippen molar-refractivity contribution in [1.29, 1.82) is 0 Å². The molecular weight excluding hydrogens is 260 g/mol. The van der Waals surface area contributed by atoms with Gasteiger partial charge in [-0.15, -0.1) is 0 Å². The summed E-state index contributed by atoms with van der Waals surface area (Å²) < 4.78 is 0. The van der Waals surface area contributed by atoms with Gasteiger partial charge in [-0.2, -0.15) is 0 Å². The number of nitro benzene ring substituents is 1. The Morgan fingerprint density at radius 3 is 2.85 bits per heavy atom. The molecule has 1 aromatic rings. The van der Waals surface area contributed by atoms with Crippen LogP contribution < -0.4 is 0 Å². The van der Waals surface area contributed by atoms with Crippen molar-refractivity contribution in [3.63, 3.8) is 0 Å². The molecule has 0 saturated carbocycles. The largest absolute Gasteiger partial charge is 0.394 e. The number of aliphatic hydroxyl groups excluding tert-OH is 1. The number of aliphatic hydroxyl groups is 1. The zero-order valence-electron chi connectivity index (χ0n) is 11.4. The Kier molecular flexibility index (Phi) is 4.34. The molecule has 0 aliphatic carbocycles. The maximum atomic E-state index is 12.5. The van der Waals surface area contributed by atoms with Crippen LogP contribution in [0.3, 0.4) is 0 Å². The fraction of sp³-hybridized carbons (Fsp3) is 0.500. The number of hydrogen-bond acceptors (Lipinski definition) is 4. The number of amides is 1. The highest BCUT2D eigenvalue weighted by Crippen LogP contribution is 2.22. The van der Waals surface area contributed by atoms with Crippen molar-refractivity contribution in [2.45, 2.75) is 32.2 Å². The molecule has 1 heterocycles. The number of carbonyl (C=O) groups excluding carboxylic acids is 1. The SMILES string of the molecule is Cc1cc(C(=O)N2CCCCC2CO)cc([N+](=O)[O-])c1. The van der Waals surface area contributed by atoms with Crippen LogP contribution in [0.5, 0.6) is 0 Å². The van der Waals surface area contributed by atoms with E-state index in [9.17, 15) is 20.0 Å². The van der Waals surface area contributed by atoms with Gasteiger partial charge < -0.3 is 10.0 Å². The molecule has 1 fully saturated rings. The number of aryl methyl sites for hydroxylation is 1. The van der Waals surface area contributed by atoms with E-state index in [1.807, 2.05) is 0 Å². The zero-order chi connectivity index (χ0) is 14.7. The summed E-state index contributed by atoms with van der Waals surface area (Å²) in [5.74, 6) is -0.240. The van der Waals surface area contributed by atoms with Crippen LogP contribution in [0, 0.1) is 17.0 Å². The second-order valence-corrected chi connectivity index (χ2v) is 5.15. The monoisotopic (exact) mass is 278 g/mol. The van der Waals surface area contributed by atoms with E-state index >= 15 is 0 Å². The van der Waals surface area contributed by atoms with Crippen LogP contribution in [0.1, 0.15) is 35.2 Å². The molecule has 1 aliphatic rings. The second kappa shape index (κ2) is 6.00. The lowest BCUT2D eigenvalue weighted by Gasteiger charge is -2.34. The molecule has 0 radical (unpaired) electrons. The first-order chi connectivity index (χ1) is 9.52. The highest BCUT2D eigenvalue weighted by Gasteiger charge is 2.27. The minimum atomic E-state index is -0.497. The summed E-state index contributed by atoms with van der Waals surface area (Å²) in [4.78, 5) is 24.5. The van der Waals surface area contributed by atoms with Gasteiger partial charge in [-0.05, 0) is 37.8 Å². The van der Waals surface area contributed by atoms with Crippen molar-refractivity contribution in [3.05, 3.63) is 39.4 Å². The molecular formula is C14H18N2O4. The van der Waals surface area contributed by atoms with Crippen molar-refractivity contribution in [3.8, 4) is 0 Å². The van der Waals surface area contributed by atoms with E-state index in [1.54, 1.807) is 17.9 Å². The van der Waals surface area contributed by atoms with Gasteiger partial charge in [0, 0.05) is 24.2 Å². The van der Waals surface area contributed by atoms with E-state index in [-0.39, 0.29) is 24.2 Å². The average molecular weight is 278 g/mol. The fourth-order valence-electron chi connectivity index (χ4n) is 2.62. The highest BCUT2D eigenvalue weighted by atomic mass is 16.6. The third-order valence-corrected chi connectivity index (χ3v) is 3.62. The molecule has 20 heavy (non-hydrogen) atoms. The van der Waals surface area contributed by atoms with Crippen molar-refractivity contribution >= 4 is 11.6 Å². The van der Waals surface area contributed by atoms with Crippen LogP contribution in [0.2, 0.25) is 0 Å². The predicted molar refractivity (Wildman–Crippen MR) is 73.6 cm³/mol. The summed E-state index contributed by atoms with van der Waals surface area (Å²) in [5, 5.41) is 20.2. The van der Waals surface area contributed by atoms with Crippen LogP contribution in [-0.4, -0.2) is 40.0 Å². The predicted octanol–water partition coefficient (Wildman–Crippen LogP) is 1.89. The van der Waals surface area contributed by atoms with E-state index in [1.165, 1.54) is 12.1 Å². The lowest BCUT2D eigenvalue weighted by atomic mass is 10.0. The second-order valence-electron chi connectivity index (χ2n) is 5.15.